The summed E-state index contributed by atoms with van der Waals surface area (Å²) < 4.78 is 5.37. The van der Waals surface area contributed by atoms with Crippen molar-refractivity contribution in [1.82, 2.24) is 10.2 Å². The van der Waals surface area contributed by atoms with E-state index in [1.807, 2.05) is 31.3 Å². The molecular formula is C24H34IN5O2. The first-order valence-corrected chi connectivity index (χ1v) is 11.1. The van der Waals surface area contributed by atoms with Crippen LogP contribution in [0.3, 0.4) is 0 Å². The summed E-state index contributed by atoms with van der Waals surface area (Å²) >= 11 is 0. The Labute approximate surface area is 208 Å². The van der Waals surface area contributed by atoms with Crippen LogP contribution in [0.4, 0.5) is 11.4 Å². The summed E-state index contributed by atoms with van der Waals surface area (Å²) in [5.41, 5.74) is 2.14. The van der Waals surface area contributed by atoms with Crippen LogP contribution in [0.25, 0.3) is 0 Å². The van der Waals surface area contributed by atoms with E-state index in [0.717, 1.165) is 63.2 Å². The van der Waals surface area contributed by atoms with Crippen LogP contribution < -0.4 is 19.9 Å². The van der Waals surface area contributed by atoms with Gasteiger partial charge in [0.15, 0.2) is 5.96 Å². The minimum Gasteiger partial charge on any atom is -0.506 e. The Kier molecular flexibility index (Phi) is 8.72. The monoisotopic (exact) mass is 551 g/mol. The van der Waals surface area contributed by atoms with Crippen molar-refractivity contribution in [2.75, 3.05) is 69.8 Å². The van der Waals surface area contributed by atoms with Gasteiger partial charge in [-0.2, -0.15) is 0 Å². The highest BCUT2D eigenvalue weighted by molar-refractivity contribution is 14.0. The van der Waals surface area contributed by atoms with Crippen LogP contribution in [-0.2, 0) is 0 Å². The van der Waals surface area contributed by atoms with Crippen LogP contribution in [0.15, 0.2) is 53.5 Å². The molecule has 0 radical (unpaired) electrons. The maximum atomic E-state index is 10.1. The SMILES string of the molecule is CN=C(NCC1CCN(c2cccc(OC)c2)C1)N1CCN(c2ccccc2O)CC1.I. The van der Waals surface area contributed by atoms with Crippen LogP contribution in [-0.4, -0.2) is 75.9 Å². The van der Waals surface area contributed by atoms with Crippen molar-refractivity contribution in [2.24, 2.45) is 10.9 Å². The number of para-hydroxylation sites is 2. The first kappa shape index (κ1) is 24.3. The lowest BCUT2D eigenvalue weighted by atomic mass is 10.1. The molecule has 0 spiro atoms. The highest BCUT2D eigenvalue weighted by Gasteiger charge is 2.25. The van der Waals surface area contributed by atoms with Gasteiger partial charge in [-0.1, -0.05) is 18.2 Å². The molecule has 0 bridgehead atoms. The predicted octanol–water partition coefficient (Wildman–Crippen LogP) is 3.24. The van der Waals surface area contributed by atoms with Crippen molar-refractivity contribution in [2.45, 2.75) is 6.42 Å². The third-order valence-corrected chi connectivity index (χ3v) is 6.27. The van der Waals surface area contributed by atoms with Gasteiger partial charge in [0.1, 0.15) is 11.5 Å². The summed E-state index contributed by atoms with van der Waals surface area (Å²) in [4.78, 5) is 11.5. The summed E-state index contributed by atoms with van der Waals surface area (Å²) in [6.45, 7) is 6.53. The van der Waals surface area contributed by atoms with Crippen LogP contribution in [0.1, 0.15) is 6.42 Å². The van der Waals surface area contributed by atoms with E-state index < -0.39 is 0 Å². The molecular weight excluding hydrogens is 517 g/mol. The van der Waals surface area contributed by atoms with Gasteiger partial charge in [0.05, 0.1) is 12.8 Å². The van der Waals surface area contributed by atoms with E-state index >= 15 is 0 Å². The third kappa shape index (κ3) is 5.70. The van der Waals surface area contributed by atoms with Gasteiger partial charge in [0.2, 0.25) is 0 Å². The average molecular weight is 551 g/mol. The molecule has 0 saturated carbocycles. The van der Waals surface area contributed by atoms with Gasteiger partial charge in [0.25, 0.3) is 0 Å². The first-order valence-electron chi connectivity index (χ1n) is 11.1. The zero-order valence-corrected chi connectivity index (χ0v) is 21.2. The van der Waals surface area contributed by atoms with E-state index in [2.05, 4.69) is 43.2 Å². The fourth-order valence-electron chi connectivity index (χ4n) is 4.50. The lowest BCUT2D eigenvalue weighted by Crippen LogP contribution is -2.53. The fraction of sp³-hybridized carbons (Fsp3) is 0.458. The number of guanidine groups is 1. The molecule has 2 aromatic rings. The van der Waals surface area contributed by atoms with E-state index in [-0.39, 0.29) is 24.0 Å². The van der Waals surface area contributed by atoms with Crippen molar-refractivity contribution in [3.05, 3.63) is 48.5 Å². The maximum absolute atomic E-state index is 10.1. The second kappa shape index (κ2) is 11.5. The Morgan fingerprint density at radius 2 is 1.84 bits per heavy atom. The molecule has 32 heavy (non-hydrogen) atoms. The molecule has 2 heterocycles. The number of hydrogen-bond donors (Lipinski definition) is 2. The van der Waals surface area contributed by atoms with Crippen molar-refractivity contribution in [3.8, 4) is 11.5 Å². The van der Waals surface area contributed by atoms with Gasteiger partial charge in [-0.3, -0.25) is 4.99 Å². The Morgan fingerprint density at radius 3 is 2.56 bits per heavy atom. The molecule has 2 fully saturated rings. The molecule has 7 nitrogen and oxygen atoms in total. The molecule has 2 aliphatic rings. The molecule has 1 atom stereocenters. The molecule has 0 aliphatic carbocycles. The number of nitrogens with zero attached hydrogens (tertiary/aromatic N) is 4. The maximum Gasteiger partial charge on any atom is 0.193 e. The van der Waals surface area contributed by atoms with Crippen molar-refractivity contribution in [3.63, 3.8) is 0 Å². The topological polar surface area (TPSA) is 63.6 Å². The predicted molar refractivity (Wildman–Crippen MR) is 142 cm³/mol. The Bertz CT molecular complexity index is 901. The van der Waals surface area contributed by atoms with Gasteiger partial charge in [0, 0.05) is 64.6 Å². The number of nitrogens with one attached hydrogen (secondary N) is 1. The Morgan fingerprint density at radius 1 is 1.06 bits per heavy atom. The molecule has 1 unspecified atom stereocenters. The number of phenols is 1. The molecule has 2 aromatic carbocycles. The summed E-state index contributed by atoms with van der Waals surface area (Å²) in [5, 5.41) is 13.7. The molecule has 2 saturated heterocycles. The van der Waals surface area contributed by atoms with Crippen LogP contribution in [0, 0.1) is 5.92 Å². The number of rotatable bonds is 5. The normalized spacial score (nSPS) is 19.0. The van der Waals surface area contributed by atoms with Crippen molar-refractivity contribution < 1.29 is 9.84 Å². The number of aliphatic imine (C=N–C) groups is 1. The zero-order chi connectivity index (χ0) is 21.6. The summed E-state index contributed by atoms with van der Waals surface area (Å²) in [6.07, 6.45) is 1.17. The summed E-state index contributed by atoms with van der Waals surface area (Å²) in [6, 6.07) is 15.9. The van der Waals surface area contributed by atoms with E-state index in [4.69, 9.17) is 4.74 Å². The number of phenolic OH excluding ortho intramolecular Hbond substituents is 1. The first-order chi connectivity index (χ1) is 15.2. The Hall–Kier alpha value is -2.36. The van der Waals surface area contributed by atoms with E-state index in [0.29, 0.717) is 11.7 Å². The second-order valence-electron chi connectivity index (χ2n) is 8.19. The minimum absolute atomic E-state index is 0. The Balaban J connectivity index is 0.00000289. The number of piperazine rings is 1. The quantitative estimate of drug-likeness (QED) is 0.338. The van der Waals surface area contributed by atoms with E-state index in [1.165, 1.54) is 12.1 Å². The standard InChI is InChI=1S/C24H33N5O2.HI/c1-25-24(28-14-12-27(13-15-28)22-8-3-4-9-23(22)30)26-17-19-10-11-29(18-19)20-6-5-7-21(16-20)31-2;/h3-9,16,19,30H,10-15,17-18H2,1-2H3,(H,25,26);1H. The number of methoxy groups -OCH3 is 1. The third-order valence-electron chi connectivity index (χ3n) is 6.27. The summed E-state index contributed by atoms with van der Waals surface area (Å²) in [5.74, 6) is 2.81. The van der Waals surface area contributed by atoms with Gasteiger partial charge in [-0.05, 0) is 36.6 Å². The molecule has 2 N–H and O–H groups in total. The van der Waals surface area contributed by atoms with E-state index in [9.17, 15) is 5.11 Å². The zero-order valence-electron chi connectivity index (χ0n) is 18.9. The number of benzene rings is 2. The van der Waals surface area contributed by atoms with Gasteiger partial charge in [-0.15, -0.1) is 24.0 Å². The largest absolute Gasteiger partial charge is 0.506 e. The molecule has 8 heteroatoms. The minimum atomic E-state index is 0. The number of aromatic hydroxyl groups is 1. The van der Waals surface area contributed by atoms with Crippen molar-refractivity contribution in [1.29, 1.82) is 0 Å². The molecule has 0 aromatic heterocycles. The van der Waals surface area contributed by atoms with Crippen LogP contribution in [0.2, 0.25) is 0 Å². The lowest BCUT2D eigenvalue weighted by molar-refractivity contribution is 0.366. The number of anilines is 2. The second-order valence-corrected chi connectivity index (χ2v) is 8.19. The fourth-order valence-corrected chi connectivity index (χ4v) is 4.50. The van der Waals surface area contributed by atoms with Crippen LogP contribution >= 0.6 is 24.0 Å². The number of ether oxygens (including phenoxy) is 1. The highest BCUT2D eigenvalue weighted by Crippen LogP contribution is 2.28. The molecule has 174 valence electrons. The molecule has 4 rings (SSSR count). The number of halogens is 1. The highest BCUT2D eigenvalue weighted by atomic mass is 127. The van der Waals surface area contributed by atoms with Crippen LogP contribution in [0.5, 0.6) is 11.5 Å². The smallest absolute Gasteiger partial charge is 0.193 e. The van der Waals surface area contributed by atoms with Gasteiger partial charge >= 0.3 is 0 Å². The number of hydrogen-bond acceptors (Lipinski definition) is 5. The van der Waals surface area contributed by atoms with E-state index in [1.54, 1.807) is 13.2 Å². The lowest BCUT2D eigenvalue weighted by Gasteiger charge is -2.38. The van der Waals surface area contributed by atoms with Gasteiger partial charge in [-0.25, -0.2) is 0 Å². The van der Waals surface area contributed by atoms with Crippen molar-refractivity contribution >= 4 is 41.3 Å². The molecule has 2 aliphatic heterocycles. The average Bonchev–Trinajstić information content (AvgIpc) is 3.29. The molecule has 0 amide bonds. The summed E-state index contributed by atoms with van der Waals surface area (Å²) in [7, 11) is 3.57. The van der Waals surface area contributed by atoms with Gasteiger partial charge < -0.3 is 29.9 Å².